The van der Waals surface area contributed by atoms with E-state index in [-0.39, 0.29) is 18.5 Å². The lowest BCUT2D eigenvalue weighted by atomic mass is 10.2. The number of rotatable bonds is 9. The van der Waals surface area contributed by atoms with Crippen LogP contribution in [0.4, 0.5) is 0 Å². The van der Waals surface area contributed by atoms with Crippen molar-refractivity contribution in [1.29, 1.82) is 0 Å². The van der Waals surface area contributed by atoms with Gasteiger partial charge >= 0.3 is 0 Å². The Bertz CT molecular complexity index is 365. The van der Waals surface area contributed by atoms with Crippen molar-refractivity contribution in [3.8, 4) is 0 Å². The minimum absolute atomic E-state index is 0.0135. The molecule has 0 aromatic heterocycles. The number of carbonyl (C=O) groups is 1. The molecule has 1 unspecified atom stereocenters. The van der Waals surface area contributed by atoms with Gasteiger partial charge in [0.15, 0.2) is 9.84 Å². The Morgan fingerprint density at radius 3 is 2.84 bits per heavy atom. The molecule has 1 rings (SSSR count). The largest absolute Gasteiger partial charge is 0.379 e. The van der Waals surface area contributed by atoms with Crippen LogP contribution in [0, 0.1) is 0 Å². The van der Waals surface area contributed by atoms with Gasteiger partial charge in [-0.25, -0.2) is 8.42 Å². The van der Waals surface area contributed by atoms with Gasteiger partial charge in [-0.05, 0) is 12.8 Å². The average Bonchev–Trinajstić information content (AvgIpc) is 2.85. The molecule has 1 heterocycles. The Morgan fingerprint density at radius 2 is 2.21 bits per heavy atom. The van der Waals surface area contributed by atoms with Gasteiger partial charge < -0.3 is 20.5 Å². The summed E-state index contributed by atoms with van der Waals surface area (Å²) in [4.78, 5) is 11.5. The van der Waals surface area contributed by atoms with Crippen LogP contribution in [0.2, 0.25) is 0 Å². The topological polar surface area (TPSA) is 108 Å². The number of hydrogen-bond acceptors (Lipinski definition) is 6. The van der Waals surface area contributed by atoms with Crippen molar-refractivity contribution in [3.63, 3.8) is 0 Å². The molecule has 1 amide bonds. The fourth-order valence-electron chi connectivity index (χ4n) is 1.73. The molecular formula is C11H22N2O5S. The minimum Gasteiger partial charge on any atom is -0.379 e. The van der Waals surface area contributed by atoms with E-state index >= 15 is 0 Å². The number of carbonyl (C=O) groups excluding carboxylic acids is 1. The van der Waals surface area contributed by atoms with Crippen LogP contribution >= 0.6 is 0 Å². The van der Waals surface area contributed by atoms with Gasteiger partial charge in [0, 0.05) is 19.7 Å². The van der Waals surface area contributed by atoms with Gasteiger partial charge in [-0.1, -0.05) is 0 Å². The van der Waals surface area contributed by atoms with Crippen LogP contribution in [0.25, 0.3) is 0 Å². The normalized spacial score (nSPS) is 19.5. The summed E-state index contributed by atoms with van der Waals surface area (Å²) in [6.07, 6.45) is 1.90. The van der Waals surface area contributed by atoms with Gasteiger partial charge in [-0.2, -0.15) is 0 Å². The fraction of sp³-hybridized carbons (Fsp3) is 0.909. The van der Waals surface area contributed by atoms with E-state index in [1.165, 1.54) is 0 Å². The summed E-state index contributed by atoms with van der Waals surface area (Å²) in [7, 11) is -3.43. The number of amides is 1. The van der Waals surface area contributed by atoms with E-state index in [0.29, 0.717) is 26.3 Å². The van der Waals surface area contributed by atoms with E-state index in [1.807, 2.05) is 0 Å². The van der Waals surface area contributed by atoms with Crippen LogP contribution in [-0.2, 0) is 24.1 Å². The summed E-state index contributed by atoms with van der Waals surface area (Å²) in [6, 6.07) is 0. The van der Waals surface area contributed by atoms with Crippen molar-refractivity contribution < 1.29 is 22.7 Å². The summed E-state index contributed by atoms with van der Waals surface area (Å²) in [5, 5.41) is 2.58. The Labute approximate surface area is 113 Å². The molecule has 112 valence electrons. The lowest BCUT2D eigenvalue weighted by Crippen LogP contribution is -2.36. The van der Waals surface area contributed by atoms with Crippen molar-refractivity contribution in [2.75, 3.05) is 44.4 Å². The molecule has 0 aromatic rings. The van der Waals surface area contributed by atoms with E-state index in [9.17, 15) is 13.2 Å². The summed E-state index contributed by atoms with van der Waals surface area (Å²) in [5.41, 5.74) is 5.21. The molecule has 3 N–H and O–H groups in total. The maximum absolute atomic E-state index is 11.6. The van der Waals surface area contributed by atoms with Crippen molar-refractivity contribution >= 4 is 15.7 Å². The third-order valence-electron chi connectivity index (χ3n) is 2.70. The third kappa shape index (κ3) is 7.46. The molecule has 0 radical (unpaired) electrons. The highest BCUT2D eigenvalue weighted by molar-refractivity contribution is 7.92. The maximum Gasteiger partial charge on any atom is 0.235 e. The Hall–Kier alpha value is -0.700. The first-order valence-electron chi connectivity index (χ1n) is 6.40. The average molecular weight is 294 g/mol. The number of nitrogens with two attached hydrogens (primary N) is 1. The molecule has 1 saturated heterocycles. The summed E-state index contributed by atoms with van der Waals surface area (Å²) < 4.78 is 33.5. The van der Waals surface area contributed by atoms with E-state index in [4.69, 9.17) is 15.2 Å². The Kier molecular flexibility index (Phi) is 7.29. The van der Waals surface area contributed by atoms with E-state index in [2.05, 4.69) is 5.32 Å². The second-order valence-corrected chi connectivity index (χ2v) is 6.62. The van der Waals surface area contributed by atoms with Gasteiger partial charge in [-0.3, -0.25) is 4.79 Å². The molecule has 1 atom stereocenters. The first-order valence-corrected chi connectivity index (χ1v) is 8.22. The predicted octanol–water partition coefficient (Wildman–Crippen LogP) is -1.33. The zero-order valence-electron chi connectivity index (χ0n) is 11.0. The molecule has 0 saturated carbocycles. The molecule has 8 heteroatoms. The van der Waals surface area contributed by atoms with Gasteiger partial charge in [0.1, 0.15) is 5.75 Å². The molecule has 1 fully saturated rings. The first-order chi connectivity index (χ1) is 9.03. The maximum atomic E-state index is 11.6. The van der Waals surface area contributed by atoms with Crippen LogP contribution in [0.15, 0.2) is 0 Å². The number of sulfone groups is 1. The highest BCUT2D eigenvalue weighted by atomic mass is 32.2. The van der Waals surface area contributed by atoms with Gasteiger partial charge in [0.25, 0.3) is 0 Å². The van der Waals surface area contributed by atoms with Crippen molar-refractivity contribution in [1.82, 2.24) is 5.32 Å². The summed E-state index contributed by atoms with van der Waals surface area (Å²) in [5.74, 6) is -1.17. The Balaban J connectivity index is 2.17. The number of ether oxygens (including phenoxy) is 2. The van der Waals surface area contributed by atoms with Crippen molar-refractivity contribution in [2.24, 2.45) is 5.73 Å². The second kappa shape index (κ2) is 8.47. The quantitative estimate of drug-likeness (QED) is 0.510. The summed E-state index contributed by atoms with van der Waals surface area (Å²) >= 11 is 0. The van der Waals surface area contributed by atoms with Gasteiger partial charge in [0.05, 0.1) is 25.1 Å². The van der Waals surface area contributed by atoms with E-state index in [0.717, 1.165) is 12.8 Å². The highest BCUT2D eigenvalue weighted by Gasteiger charge is 2.19. The molecular weight excluding hydrogens is 272 g/mol. The fourth-order valence-corrected chi connectivity index (χ4v) is 2.74. The van der Waals surface area contributed by atoms with Crippen LogP contribution in [-0.4, -0.2) is 64.8 Å². The SMILES string of the molecule is NCCOCCS(=O)(=O)CC(=O)NCC1CCCO1. The zero-order valence-corrected chi connectivity index (χ0v) is 11.8. The van der Waals surface area contributed by atoms with E-state index < -0.39 is 21.5 Å². The lowest BCUT2D eigenvalue weighted by molar-refractivity contribution is -0.119. The molecule has 19 heavy (non-hydrogen) atoms. The molecule has 1 aliphatic rings. The van der Waals surface area contributed by atoms with Gasteiger partial charge in [0.2, 0.25) is 5.91 Å². The van der Waals surface area contributed by atoms with Crippen LogP contribution < -0.4 is 11.1 Å². The third-order valence-corrected chi connectivity index (χ3v) is 4.19. The molecule has 0 aromatic carbocycles. The smallest absolute Gasteiger partial charge is 0.235 e. The monoisotopic (exact) mass is 294 g/mol. The van der Waals surface area contributed by atoms with Crippen molar-refractivity contribution in [3.05, 3.63) is 0 Å². The molecule has 0 bridgehead atoms. The number of hydrogen-bond donors (Lipinski definition) is 2. The predicted molar refractivity (Wildman–Crippen MR) is 70.5 cm³/mol. The lowest BCUT2D eigenvalue weighted by Gasteiger charge is -2.11. The van der Waals surface area contributed by atoms with Crippen molar-refractivity contribution in [2.45, 2.75) is 18.9 Å². The van der Waals surface area contributed by atoms with Crippen LogP contribution in [0.3, 0.4) is 0 Å². The molecule has 0 aliphatic carbocycles. The van der Waals surface area contributed by atoms with Crippen LogP contribution in [0.1, 0.15) is 12.8 Å². The molecule has 0 spiro atoms. The molecule has 7 nitrogen and oxygen atoms in total. The standard InChI is InChI=1S/C11H22N2O5S/c12-3-5-17-6-7-19(15,16)9-11(14)13-8-10-2-1-4-18-10/h10H,1-9,12H2,(H,13,14). The number of nitrogens with one attached hydrogen (secondary N) is 1. The van der Waals surface area contributed by atoms with E-state index in [1.54, 1.807) is 0 Å². The molecule has 1 aliphatic heterocycles. The summed E-state index contributed by atoms with van der Waals surface area (Å²) in [6.45, 7) is 1.82. The van der Waals surface area contributed by atoms with Crippen LogP contribution in [0.5, 0.6) is 0 Å². The highest BCUT2D eigenvalue weighted by Crippen LogP contribution is 2.10. The zero-order chi connectivity index (χ0) is 14.1. The Morgan fingerprint density at radius 1 is 1.42 bits per heavy atom. The second-order valence-electron chi connectivity index (χ2n) is 4.43. The first kappa shape index (κ1) is 16.4. The van der Waals surface area contributed by atoms with Gasteiger partial charge in [-0.15, -0.1) is 0 Å². The minimum atomic E-state index is -3.43.